The lowest BCUT2D eigenvalue weighted by Gasteiger charge is -2.13. The fourth-order valence-electron chi connectivity index (χ4n) is 2.45. The number of aliphatic hydroxyl groups excluding tert-OH is 1. The molecule has 0 saturated heterocycles. The molecule has 2 nitrogen and oxygen atoms in total. The number of hydrogen-bond donors (Lipinski definition) is 1. The molecule has 0 spiro atoms. The van der Waals surface area contributed by atoms with Crippen molar-refractivity contribution in [1.82, 2.24) is 0 Å². The molecule has 0 saturated carbocycles. The number of benzene rings is 2. The molecule has 1 N–H and O–H groups in total. The van der Waals surface area contributed by atoms with Gasteiger partial charge in [0.25, 0.3) is 0 Å². The third kappa shape index (κ3) is 2.12. The maximum atomic E-state index is 10.2. The second kappa shape index (κ2) is 4.83. The Morgan fingerprint density at radius 1 is 1.11 bits per heavy atom. The van der Waals surface area contributed by atoms with Crippen LogP contribution in [0.5, 0.6) is 0 Å². The van der Waals surface area contributed by atoms with Gasteiger partial charge in [-0.05, 0) is 22.4 Å². The van der Waals surface area contributed by atoms with E-state index < -0.39 is 6.10 Å². The van der Waals surface area contributed by atoms with E-state index in [1.165, 1.54) is 10.8 Å². The zero-order valence-electron chi connectivity index (χ0n) is 10.2. The Bertz CT molecular complexity index is 581. The quantitative estimate of drug-likeness (QED) is 0.893. The second-order valence-electron chi connectivity index (χ2n) is 4.60. The Labute approximate surface area is 107 Å². The van der Waals surface area contributed by atoms with Crippen LogP contribution in [0.1, 0.15) is 12.0 Å². The van der Waals surface area contributed by atoms with Gasteiger partial charge >= 0.3 is 0 Å². The molecule has 1 atom stereocenters. The first kappa shape index (κ1) is 11.3. The minimum Gasteiger partial charge on any atom is -0.495 e. The predicted molar refractivity (Wildman–Crippen MR) is 72.3 cm³/mol. The topological polar surface area (TPSA) is 29.5 Å². The lowest BCUT2D eigenvalue weighted by Crippen LogP contribution is -2.14. The first-order chi connectivity index (χ1) is 8.84. The number of aliphatic hydroxyl groups is 1. The van der Waals surface area contributed by atoms with Crippen LogP contribution in [0.15, 0.2) is 54.3 Å². The van der Waals surface area contributed by atoms with Crippen LogP contribution in [-0.4, -0.2) is 17.8 Å². The number of hydrogen-bond acceptors (Lipinski definition) is 2. The van der Waals surface area contributed by atoms with Gasteiger partial charge in [0.2, 0.25) is 0 Å². The van der Waals surface area contributed by atoms with E-state index in [0.717, 1.165) is 17.7 Å². The van der Waals surface area contributed by atoms with Gasteiger partial charge in [-0.1, -0.05) is 42.5 Å². The Balaban J connectivity index is 1.90. The summed E-state index contributed by atoms with van der Waals surface area (Å²) in [5.41, 5.74) is 1.16. The summed E-state index contributed by atoms with van der Waals surface area (Å²) in [5.74, 6) is 0.725. The van der Waals surface area contributed by atoms with Crippen molar-refractivity contribution in [3.63, 3.8) is 0 Å². The molecular formula is C16H16O2. The minimum atomic E-state index is -0.529. The lowest BCUT2D eigenvalue weighted by molar-refractivity contribution is 0.118. The molecule has 92 valence electrons. The highest BCUT2D eigenvalue weighted by Gasteiger charge is 2.17. The Morgan fingerprint density at radius 3 is 2.78 bits per heavy atom. The molecule has 1 aliphatic rings. The highest BCUT2D eigenvalue weighted by Crippen LogP contribution is 2.23. The summed E-state index contributed by atoms with van der Waals surface area (Å²) in [6.45, 7) is 0.696. The molecule has 1 unspecified atom stereocenters. The largest absolute Gasteiger partial charge is 0.495 e. The average molecular weight is 240 g/mol. The molecule has 1 aliphatic heterocycles. The standard InChI is InChI=1S/C16H16O2/c17-15(16-9-4-10-18-16)11-13-7-3-6-12-5-1-2-8-14(12)13/h1-3,5-9,15,17H,4,10-11H2. The van der Waals surface area contributed by atoms with E-state index in [1.807, 2.05) is 24.3 Å². The molecule has 2 aromatic carbocycles. The van der Waals surface area contributed by atoms with Crippen molar-refractivity contribution in [2.24, 2.45) is 0 Å². The molecule has 18 heavy (non-hydrogen) atoms. The van der Waals surface area contributed by atoms with Crippen LogP contribution in [0.4, 0.5) is 0 Å². The van der Waals surface area contributed by atoms with Gasteiger partial charge in [-0.25, -0.2) is 0 Å². The molecule has 0 aliphatic carbocycles. The van der Waals surface area contributed by atoms with Crippen LogP contribution in [0.3, 0.4) is 0 Å². The van der Waals surface area contributed by atoms with E-state index in [0.29, 0.717) is 13.0 Å². The fraction of sp³-hybridized carbons (Fsp3) is 0.250. The molecular weight excluding hydrogens is 224 g/mol. The smallest absolute Gasteiger partial charge is 0.121 e. The van der Waals surface area contributed by atoms with Gasteiger partial charge in [0.05, 0.1) is 6.61 Å². The summed E-state index contributed by atoms with van der Waals surface area (Å²) in [5, 5.41) is 12.6. The van der Waals surface area contributed by atoms with Crippen LogP contribution in [0.25, 0.3) is 10.8 Å². The molecule has 0 radical (unpaired) electrons. The molecule has 0 aromatic heterocycles. The van der Waals surface area contributed by atoms with Crippen LogP contribution in [0, 0.1) is 0 Å². The van der Waals surface area contributed by atoms with Gasteiger partial charge in [0.1, 0.15) is 11.9 Å². The van der Waals surface area contributed by atoms with Crippen molar-refractivity contribution in [2.75, 3.05) is 6.61 Å². The third-order valence-electron chi connectivity index (χ3n) is 3.35. The summed E-state index contributed by atoms with van der Waals surface area (Å²) < 4.78 is 5.41. The van der Waals surface area contributed by atoms with Crippen LogP contribution in [0.2, 0.25) is 0 Å². The van der Waals surface area contributed by atoms with Crippen LogP contribution < -0.4 is 0 Å². The summed E-state index contributed by atoms with van der Waals surface area (Å²) >= 11 is 0. The Kier molecular flexibility index (Phi) is 3.03. The van der Waals surface area contributed by atoms with Crippen molar-refractivity contribution in [3.8, 4) is 0 Å². The zero-order valence-corrected chi connectivity index (χ0v) is 10.2. The van der Waals surface area contributed by atoms with E-state index in [9.17, 15) is 5.11 Å². The van der Waals surface area contributed by atoms with Crippen molar-refractivity contribution in [2.45, 2.75) is 18.9 Å². The van der Waals surface area contributed by atoms with Crippen molar-refractivity contribution >= 4 is 10.8 Å². The first-order valence-corrected chi connectivity index (χ1v) is 6.32. The van der Waals surface area contributed by atoms with E-state index in [4.69, 9.17) is 4.74 Å². The lowest BCUT2D eigenvalue weighted by atomic mass is 9.99. The first-order valence-electron chi connectivity index (χ1n) is 6.32. The van der Waals surface area contributed by atoms with Gasteiger partial charge < -0.3 is 9.84 Å². The van der Waals surface area contributed by atoms with Gasteiger partial charge in [0, 0.05) is 12.8 Å². The van der Waals surface area contributed by atoms with E-state index >= 15 is 0 Å². The zero-order chi connectivity index (χ0) is 12.4. The van der Waals surface area contributed by atoms with Crippen LogP contribution in [-0.2, 0) is 11.2 Å². The van der Waals surface area contributed by atoms with Gasteiger partial charge in [-0.2, -0.15) is 0 Å². The van der Waals surface area contributed by atoms with Crippen LogP contribution >= 0.6 is 0 Å². The molecule has 0 amide bonds. The molecule has 0 fully saturated rings. The van der Waals surface area contributed by atoms with E-state index in [-0.39, 0.29) is 0 Å². The monoisotopic (exact) mass is 240 g/mol. The normalized spacial score (nSPS) is 16.4. The third-order valence-corrected chi connectivity index (χ3v) is 3.35. The maximum Gasteiger partial charge on any atom is 0.121 e. The number of rotatable bonds is 3. The summed E-state index contributed by atoms with van der Waals surface area (Å²) in [7, 11) is 0. The SMILES string of the molecule is OC(Cc1cccc2ccccc12)C1=CCCO1. The molecule has 1 heterocycles. The number of fused-ring (bicyclic) bond motifs is 1. The maximum absolute atomic E-state index is 10.2. The van der Waals surface area contributed by atoms with Gasteiger partial charge in [-0.15, -0.1) is 0 Å². The van der Waals surface area contributed by atoms with Gasteiger partial charge in [0.15, 0.2) is 0 Å². The second-order valence-corrected chi connectivity index (χ2v) is 4.60. The summed E-state index contributed by atoms with van der Waals surface area (Å²) in [6, 6.07) is 14.5. The fourth-order valence-corrected chi connectivity index (χ4v) is 2.45. The minimum absolute atomic E-state index is 0.529. The average Bonchev–Trinajstić information content (AvgIpc) is 2.93. The molecule has 3 rings (SSSR count). The summed E-state index contributed by atoms with van der Waals surface area (Å²) in [4.78, 5) is 0. The molecule has 2 aromatic rings. The molecule has 2 heteroatoms. The predicted octanol–water partition coefficient (Wildman–Crippen LogP) is 3.05. The van der Waals surface area contributed by atoms with Gasteiger partial charge in [-0.3, -0.25) is 0 Å². The molecule has 0 bridgehead atoms. The van der Waals surface area contributed by atoms with Crippen molar-refractivity contribution in [1.29, 1.82) is 0 Å². The Hall–Kier alpha value is -1.80. The highest BCUT2D eigenvalue weighted by atomic mass is 16.5. The Morgan fingerprint density at radius 2 is 1.94 bits per heavy atom. The number of ether oxygens (including phenoxy) is 1. The van der Waals surface area contributed by atoms with E-state index in [1.54, 1.807) is 0 Å². The highest BCUT2D eigenvalue weighted by molar-refractivity contribution is 5.85. The summed E-state index contributed by atoms with van der Waals surface area (Å²) in [6.07, 6.45) is 2.96. The van der Waals surface area contributed by atoms with Crippen molar-refractivity contribution in [3.05, 3.63) is 59.9 Å². The van der Waals surface area contributed by atoms with Crippen molar-refractivity contribution < 1.29 is 9.84 Å². The van der Waals surface area contributed by atoms with E-state index in [2.05, 4.69) is 24.3 Å².